The minimum Gasteiger partial charge on any atom is -0.353 e. The van der Waals surface area contributed by atoms with Crippen LogP contribution in [0.25, 0.3) is 0 Å². The molecule has 1 saturated heterocycles. The van der Waals surface area contributed by atoms with Crippen LogP contribution in [0.4, 0.5) is 5.82 Å². The van der Waals surface area contributed by atoms with E-state index < -0.39 is 0 Å². The summed E-state index contributed by atoms with van der Waals surface area (Å²) in [6.07, 6.45) is 5.91. The smallest absolute Gasteiger partial charge is 0.133 e. The summed E-state index contributed by atoms with van der Waals surface area (Å²) in [4.78, 5) is 7.28. The maximum atomic E-state index is 4.76. The SMILES string of the molecule is CC1CC(C)C(C)N(c2ncc(Br)cc2CNC2CC2)C1. The molecule has 2 fully saturated rings. The Morgan fingerprint density at radius 1 is 1.33 bits per heavy atom. The van der Waals surface area contributed by atoms with E-state index in [4.69, 9.17) is 4.98 Å². The van der Waals surface area contributed by atoms with Crippen molar-refractivity contribution in [2.75, 3.05) is 11.4 Å². The third-order valence-corrected chi connectivity index (χ3v) is 5.37. The summed E-state index contributed by atoms with van der Waals surface area (Å²) in [7, 11) is 0. The fraction of sp³-hybridized carbons (Fsp3) is 0.706. The van der Waals surface area contributed by atoms with E-state index in [1.54, 1.807) is 0 Å². The van der Waals surface area contributed by atoms with E-state index in [1.165, 1.54) is 30.6 Å². The van der Waals surface area contributed by atoms with Crippen molar-refractivity contribution in [3.8, 4) is 0 Å². The predicted octanol–water partition coefficient (Wildman–Crippen LogP) is 3.97. The first-order chi connectivity index (χ1) is 10.0. The topological polar surface area (TPSA) is 28.2 Å². The molecule has 1 aliphatic heterocycles. The molecule has 0 bridgehead atoms. The molecular weight excluding hydrogens is 326 g/mol. The second-order valence-electron chi connectivity index (χ2n) is 7.00. The Labute approximate surface area is 136 Å². The molecule has 1 aromatic heterocycles. The molecule has 1 aliphatic carbocycles. The number of halogens is 1. The van der Waals surface area contributed by atoms with Gasteiger partial charge < -0.3 is 10.2 Å². The van der Waals surface area contributed by atoms with Gasteiger partial charge in [0.15, 0.2) is 0 Å². The van der Waals surface area contributed by atoms with Crippen LogP contribution >= 0.6 is 15.9 Å². The van der Waals surface area contributed by atoms with Gasteiger partial charge in [-0.05, 0) is 60.0 Å². The third kappa shape index (κ3) is 3.59. The predicted molar refractivity (Wildman–Crippen MR) is 91.6 cm³/mol. The summed E-state index contributed by atoms with van der Waals surface area (Å²) in [5.74, 6) is 2.64. The molecule has 3 rings (SSSR count). The maximum Gasteiger partial charge on any atom is 0.133 e. The number of nitrogens with zero attached hydrogens (tertiary/aromatic N) is 2. The lowest BCUT2D eigenvalue weighted by atomic mass is 9.86. The van der Waals surface area contributed by atoms with E-state index in [0.717, 1.165) is 35.4 Å². The highest BCUT2D eigenvalue weighted by Gasteiger charge is 2.31. The van der Waals surface area contributed by atoms with Gasteiger partial charge >= 0.3 is 0 Å². The van der Waals surface area contributed by atoms with Gasteiger partial charge in [-0.25, -0.2) is 4.98 Å². The number of hydrogen-bond acceptors (Lipinski definition) is 3. The van der Waals surface area contributed by atoms with Gasteiger partial charge in [0.05, 0.1) is 0 Å². The number of hydrogen-bond donors (Lipinski definition) is 1. The van der Waals surface area contributed by atoms with E-state index >= 15 is 0 Å². The Bertz CT molecular complexity index is 501. The molecular formula is C17H26BrN3. The van der Waals surface area contributed by atoms with Gasteiger partial charge in [0.2, 0.25) is 0 Å². The average molecular weight is 352 g/mol. The lowest BCUT2D eigenvalue weighted by Gasteiger charge is -2.42. The zero-order valence-electron chi connectivity index (χ0n) is 13.3. The Hall–Kier alpha value is -0.610. The van der Waals surface area contributed by atoms with Crippen molar-refractivity contribution in [3.63, 3.8) is 0 Å². The summed E-state index contributed by atoms with van der Waals surface area (Å²) in [6.45, 7) is 9.12. The van der Waals surface area contributed by atoms with Gasteiger partial charge in [0, 0.05) is 41.4 Å². The van der Waals surface area contributed by atoms with Crippen LogP contribution < -0.4 is 10.2 Å². The second kappa shape index (κ2) is 6.25. The summed E-state index contributed by atoms with van der Waals surface area (Å²) < 4.78 is 1.07. The normalized spacial score (nSPS) is 29.7. The summed E-state index contributed by atoms with van der Waals surface area (Å²) >= 11 is 3.57. The molecule has 1 saturated carbocycles. The first-order valence-corrected chi connectivity index (χ1v) is 8.98. The van der Waals surface area contributed by atoms with Crippen molar-refractivity contribution in [3.05, 3.63) is 22.3 Å². The molecule has 21 heavy (non-hydrogen) atoms. The summed E-state index contributed by atoms with van der Waals surface area (Å²) in [6, 6.07) is 3.52. The lowest BCUT2D eigenvalue weighted by Crippen LogP contribution is -2.46. The van der Waals surface area contributed by atoms with Crippen LogP contribution in [0.3, 0.4) is 0 Å². The molecule has 0 aromatic carbocycles. The molecule has 1 N–H and O–H groups in total. The molecule has 3 nitrogen and oxygen atoms in total. The van der Waals surface area contributed by atoms with E-state index in [0.29, 0.717) is 6.04 Å². The number of nitrogens with one attached hydrogen (secondary N) is 1. The fourth-order valence-electron chi connectivity index (χ4n) is 3.40. The monoisotopic (exact) mass is 351 g/mol. The van der Waals surface area contributed by atoms with Crippen molar-refractivity contribution < 1.29 is 0 Å². The van der Waals surface area contributed by atoms with Gasteiger partial charge in [-0.15, -0.1) is 0 Å². The van der Waals surface area contributed by atoms with E-state index in [-0.39, 0.29) is 0 Å². The third-order valence-electron chi connectivity index (χ3n) is 4.94. The van der Waals surface area contributed by atoms with Crippen LogP contribution in [0.5, 0.6) is 0 Å². The van der Waals surface area contributed by atoms with Crippen LogP contribution in [0.1, 0.15) is 45.6 Å². The number of piperidine rings is 1. The van der Waals surface area contributed by atoms with Crippen molar-refractivity contribution in [1.82, 2.24) is 10.3 Å². The zero-order valence-corrected chi connectivity index (χ0v) is 14.9. The van der Waals surface area contributed by atoms with Crippen molar-refractivity contribution in [1.29, 1.82) is 0 Å². The number of rotatable bonds is 4. The molecule has 2 aliphatic rings. The molecule has 0 spiro atoms. The van der Waals surface area contributed by atoms with E-state index in [1.807, 2.05) is 6.20 Å². The van der Waals surface area contributed by atoms with Gasteiger partial charge in [-0.3, -0.25) is 0 Å². The highest BCUT2D eigenvalue weighted by atomic mass is 79.9. The Morgan fingerprint density at radius 2 is 2.10 bits per heavy atom. The van der Waals surface area contributed by atoms with Crippen LogP contribution in [-0.2, 0) is 6.54 Å². The Morgan fingerprint density at radius 3 is 2.81 bits per heavy atom. The first kappa shape index (κ1) is 15.3. The molecule has 3 unspecified atom stereocenters. The molecule has 1 aromatic rings. The molecule has 2 heterocycles. The molecule has 116 valence electrons. The largest absolute Gasteiger partial charge is 0.353 e. The highest BCUT2D eigenvalue weighted by Crippen LogP contribution is 2.33. The summed E-state index contributed by atoms with van der Waals surface area (Å²) in [5.41, 5.74) is 1.32. The zero-order chi connectivity index (χ0) is 15.0. The van der Waals surface area contributed by atoms with E-state index in [9.17, 15) is 0 Å². The highest BCUT2D eigenvalue weighted by molar-refractivity contribution is 9.10. The van der Waals surface area contributed by atoms with Crippen LogP contribution in [0.2, 0.25) is 0 Å². The second-order valence-corrected chi connectivity index (χ2v) is 7.92. The van der Waals surface area contributed by atoms with Gasteiger partial charge in [-0.2, -0.15) is 0 Å². The first-order valence-electron chi connectivity index (χ1n) is 8.19. The van der Waals surface area contributed by atoms with Crippen molar-refractivity contribution >= 4 is 21.7 Å². The fourth-order valence-corrected chi connectivity index (χ4v) is 3.78. The van der Waals surface area contributed by atoms with Crippen LogP contribution in [0.15, 0.2) is 16.7 Å². The molecule has 0 radical (unpaired) electrons. The molecule has 4 heteroatoms. The molecule has 0 amide bonds. The minimum absolute atomic E-state index is 0.564. The number of pyridine rings is 1. The maximum absolute atomic E-state index is 4.76. The van der Waals surface area contributed by atoms with E-state index in [2.05, 4.69) is 53.0 Å². The van der Waals surface area contributed by atoms with Crippen molar-refractivity contribution in [2.24, 2.45) is 11.8 Å². The lowest BCUT2D eigenvalue weighted by molar-refractivity contribution is 0.295. The van der Waals surface area contributed by atoms with Gasteiger partial charge in [0.1, 0.15) is 5.82 Å². The Balaban J connectivity index is 1.84. The average Bonchev–Trinajstić information content (AvgIpc) is 3.25. The molecule has 3 atom stereocenters. The van der Waals surface area contributed by atoms with Crippen LogP contribution in [-0.4, -0.2) is 23.6 Å². The summed E-state index contributed by atoms with van der Waals surface area (Å²) in [5, 5.41) is 3.63. The Kier molecular flexibility index (Phi) is 4.55. The van der Waals surface area contributed by atoms with Gasteiger partial charge in [0.25, 0.3) is 0 Å². The number of anilines is 1. The van der Waals surface area contributed by atoms with Crippen LogP contribution in [0, 0.1) is 11.8 Å². The van der Waals surface area contributed by atoms with Gasteiger partial charge in [-0.1, -0.05) is 13.8 Å². The van der Waals surface area contributed by atoms with Crippen molar-refractivity contribution in [2.45, 2.75) is 58.7 Å². The quantitative estimate of drug-likeness (QED) is 0.889. The number of aromatic nitrogens is 1. The standard InChI is InChI=1S/C17H26BrN3/c1-11-6-12(2)13(3)21(10-11)17-14(7-15(18)9-20-17)8-19-16-4-5-16/h7,9,11-13,16,19H,4-6,8,10H2,1-3H3. The minimum atomic E-state index is 0.564.